The first-order chi connectivity index (χ1) is 16.9. The molecule has 0 saturated carbocycles. The highest BCUT2D eigenvalue weighted by atomic mass is 19.4. The first-order valence-corrected chi connectivity index (χ1v) is 11.5. The highest BCUT2D eigenvalue weighted by molar-refractivity contribution is 5.72. The lowest BCUT2D eigenvalue weighted by Gasteiger charge is -2.23. The summed E-state index contributed by atoms with van der Waals surface area (Å²) in [4.78, 5) is 24.6. The molecule has 0 aliphatic heterocycles. The fraction of sp³-hybridized carbons (Fsp3) is 0.652. The average Bonchev–Trinajstić information content (AvgIpc) is 2.80. The number of halogens is 5. The summed E-state index contributed by atoms with van der Waals surface area (Å²) in [6, 6.07) is 6.55. The second kappa shape index (κ2) is 15.4. The third-order valence-corrected chi connectivity index (χ3v) is 4.79. The maximum Gasteiger partial charge on any atom is 0.482 e. The highest BCUT2D eigenvalue weighted by Crippen LogP contribution is 2.36. The molecule has 1 aromatic rings. The van der Waals surface area contributed by atoms with Gasteiger partial charge in [-0.25, -0.2) is 9.59 Å². The summed E-state index contributed by atoms with van der Waals surface area (Å²) in [7, 11) is 0. The van der Waals surface area contributed by atoms with Crippen molar-refractivity contribution in [1.29, 1.82) is 0 Å². The van der Waals surface area contributed by atoms with Crippen LogP contribution in [0.3, 0.4) is 0 Å². The molecule has 1 unspecified atom stereocenters. The standard InChI is InChI=1S/C23H32F5NO7/c1-3-5-13-35-21(32)29(11-6-14-36-23(27,28)22(24,25)26)12-15-34-18-9-7-17(8-10-18)16-19(20(30)31)33-4-2/h7-10,19H,3-6,11-16H2,1-2H3,(H,30,31). The van der Waals surface area contributed by atoms with Crippen molar-refractivity contribution in [2.24, 2.45) is 0 Å². The second-order valence-corrected chi connectivity index (χ2v) is 7.65. The number of carbonyl (C=O) groups is 2. The van der Waals surface area contributed by atoms with Crippen LogP contribution in [0.15, 0.2) is 24.3 Å². The molecule has 0 bridgehead atoms. The number of carbonyl (C=O) groups excluding carboxylic acids is 1. The van der Waals surface area contributed by atoms with Crippen molar-refractivity contribution >= 4 is 12.1 Å². The lowest BCUT2D eigenvalue weighted by atomic mass is 10.1. The van der Waals surface area contributed by atoms with Gasteiger partial charge in [0.15, 0.2) is 6.10 Å². The molecule has 0 aromatic heterocycles. The van der Waals surface area contributed by atoms with Crippen LogP contribution in [0, 0.1) is 0 Å². The molecule has 13 heteroatoms. The number of hydrogen-bond donors (Lipinski definition) is 1. The number of benzene rings is 1. The molecule has 0 aliphatic carbocycles. The van der Waals surface area contributed by atoms with E-state index in [1.807, 2.05) is 6.92 Å². The first kappa shape index (κ1) is 31.4. The van der Waals surface area contributed by atoms with Gasteiger partial charge in [-0.1, -0.05) is 25.5 Å². The molecule has 1 rings (SSSR count). The molecule has 206 valence electrons. The van der Waals surface area contributed by atoms with Crippen LogP contribution in [-0.2, 0) is 25.4 Å². The van der Waals surface area contributed by atoms with Crippen LogP contribution >= 0.6 is 0 Å². The fourth-order valence-corrected chi connectivity index (χ4v) is 2.86. The van der Waals surface area contributed by atoms with Crippen molar-refractivity contribution < 1.29 is 55.6 Å². The third-order valence-electron chi connectivity index (χ3n) is 4.79. The van der Waals surface area contributed by atoms with Crippen molar-refractivity contribution in [3.05, 3.63) is 29.8 Å². The summed E-state index contributed by atoms with van der Waals surface area (Å²) in [5.74, 6) is -0.648. The number of nitrogens with zero attached hydrogens (tertiary/aromatic N) is 1. The van der Waals surface area contributed by atoms with Crippen LogP contribution in [0.4, 0.5) is 26.7 Å². The topological polar surface area (TPSA) is 94.5 Å². The maximum atomic E-state index is 12.9. The van der Waals surface area contributed by atoms with Crippen LogP contribution in [0.5, 0.6) is 5.75 Å². The molecule has 0 fully saturated rings. The fourth-order valence-electron chi connectivity index (χ4n) is 2.86. The van der Waals surface area contributed by atoms with E-state index in [0.29, 0.717) is 17.7 Å². The number of hydrogen-bond acceptors (Lipinski definition) is 6. The number of ether oxygens (including phenoxy) is 4. The first-order valence-electron chi connectivity index (χ1n) is 11.5. The number of unbranched alkanes of at least 4 members (excludes halogenated alkanes) is 1. The van der Waals surface area contributed by atoms with Crippen LogP contribution in [0.2, 0.25) is 0 Å². The number of carboxylic acid groups (broad SMARTS) is 1. The van der Waals surface area contributed by atoms with E-state index >= 15 is 0 Å². The molecule has 1 atom stereocenters. The van der Waals surface area contributed by atoms with Crippen molar-refractivity contribution in [3.8, 4) is 5.75 Å². The monoisotopic (exact) mass is 529 g/mol. The zero-order valence-corrected chi connectivity index (χ0v) is 20.2. The Morgan fingerprint density at radius 3 is 2.19 bits per heavy atom. The third kappa shape index (κ3) is 11.4. The molecular weight excluding hydrogens is 497 g/mol. The molecule has 0 saturated heterocycles. The summed E-state index contributed by atoms with van der Waals surface area (Å²) >= 11 is 0. The van der Waals surface area contributed by atoms with Crippen molar-refractivity contribution in [3.63, 3.8) is 0 Å². The summed E-state index contributed by atoms with van der Waals surface area (Å²) in [6.07, 6.45) is -11.6. The van der Waals surface area contributed by atoms with Crippen LogP contribution in [0.1, 0.15) is 38.7 Å². The summed E-state index contributed by atoms with van der Waals surface area (Å²) in [5.41, 5.74) is 0.708. The minimum absolute atomic E-state index is 0.0154. The van der Waals surface area contributed by atoms with Gasteiger partial charge in [0.2, 0.25) is 0 Å². The molecule has 0 radical (unpaired) electrons. The SMILES string of the molecule is CCCCOC(=O)N(CCCOC(F)(F)C(F)(F)F)CCOc1ccc(CC(OCC)C(=O)O)cc1. The number of carboxylic acids is 1. The molecular formula is C23H32F5NO7. The van der Waals surface area contributed by atoms with Crippen molar-refractivity contribution in [2.75, 3.05) is 39.5 Å². The molecule has 0 spiro atoms. The zero-order valence-electron chi connectivity index (χ0n) is 20.2. The molecule has 1 N–H and O–H groups in total. The minimum atomic E-state index is -5.83. The summed E-state index contributed by atoms with van der Waals surface area (Å²) < 4.78 is 81.8. The lowest BCUT2D eigenvalue weighted by Crippen LogP contribution is -2.40. The Hall–Kier alpha value is -2.67. The van der Waals surface area contributed by atoms with Gasteiger partial charge in [-0.2, -0.15) is 22.0 Å². The van der Waals surface area contributed by atoms with Crippen LogP contribution in [0.25, 0.3) is 0 Å². The molecule has 36 heavy (non-hydrogen) atoms. The van der Waals surface area contributed by atoms with E-state index in [1.165, 1.54) is 0 Å². The predicted octanol–water partition coefficient (Wildman–Crippen LogP) is 4.90. The normalized spacial score (nSPS) is 12.8. The van der Waals surface area contributed by atoms with Crippen LogP contribution in [-0.4, -0.2) is 80.0 Å². The highest BCUT2D eigenvalue weighted by Gasteiger charge is 2.59. The number of aliphatic carboxylic acids is 1. The van der Waals surface area contributed by atoms with Gasteiger partial charge in [-0.3, -0.25) is 0 Å². The quantitative estimate of drug-likeness (QED) is 0.227. The number of alkyl halides is 5. The van der Waals surface area contributed by atoms with Crippen molar-refractivity contribution in [2.45, 2.75) is 57.9 Å². The Labute approximate surface area is 206 Å². The second-order valence-electron chi connectivity index (χ2n) is 7.65. The molecule has 0 heterocycles. The molecule has 8 nitrogen and oxygen atoms in total. The van der Waals surface area contributed by atoms with Crippen molar-refractivity contribution in [1.82, 2.24) is 4.90 Å². The number of amides is 1. The van der Waals surface area contributed by atoms with Gasteiger partial charge < -0.3 is 29.0 Å². The largest absolute Gasteiger partial charge is 0.492 e. The Morgan fingerprint density at radius 2 is 1.64 bits per heavy atom. The zero-order chi connectivity index (χ0) is 27.2. The smallest absolute Gasteiger partial charge is 0.482 e. The summed E-state index contributed by atoms with van der Waals surface area (Å²) in [5, 5.41) is 9.17. The minimum Gasteiger partial charge on any atom is -0.492 e. The van der Waals surface area contributed by atoms with E-state index in [9.17, 15) is 31.5 Å². The van der Waals surface area contributed by atoms with Gasteiger partial charge in [-0.05, 0) is 37.5 Å². The molecule has 1 amide bonds. The Morgan fingerprint density at radius 1 is 0.972 bits per heavy atom. The van der Waals surface area contributed by atoms with Gasteiger partial charge in [0.1, 0.15) is 12.4 Å². The summed E-state index contributed by atoms with van der Waals surface area (Å²) in [6.45, 7) is 2.83. The maximum absolute atomic E-state index is 12.9. The Balaban J connectivity index is 2.61. The lowest BCUT2D eigenvalue weighted by molar-refractivity contribution is -0.391. The van der Waals surface area contributed by atoms with Gasteiger partial charge in [0, 0.05) is 19.6 Å². The van der Waals surface area contributed by atoms with Gasteiger partial charge in [-0.15, -0.1) is 0 Å². The van der Waals surface area contributed by atoms with E-state index < -0.39 is 37.1 Å². The van der Waals surface area contributed by atoms with Gasteiger partial charge in [0.05, 0.1) is 19.8 Å². The molecule has 1 aromatic carbocycles. The predicted molar refractivity (Wildman–Crippen MR) is 118 cm³/mol. The number of rotatable bonds is 17. The van der Waals surface area contributed by atoms with Crippen LogP contribution < -0.4 is 4.74 Å². The van der Waals surface area contributed by atoms with E-state index in [0.717, 1.165) is 11.3 Å². The van der Waals surface area contributed by atoms with Gasteiger partial charge >= 0.3 is 24.3 Å². The molecule has 0 aliphatic rings. The van der Waals surface area contributed by atoms with E-state index in [1.54, 1.807) is 31.2 Å². The van der Waals surface area contributed by atoms with E-state index in [2.05, 4.69) is 4.74 Å². The Bertz CT molecular complexity index is 790. The van der Waals surface area contributed by atoms with E-state index in [4.69, 9.17) is 19.3 Å². The van der Waals surface area contributed by atoms with E-state index in [-0.39, 0.29) is 45.8 Å². The Kier molecular flexibility index (Phi) is 13.5. The van der Waals surface area contributed by atoms with Gasteiger partial charge in [0.25, 0.3) is 0 Å². The average molecular weight is 529 g/mol.